The third-order valence-electron chi connectivity index (χ3n) is 7.45. The summed E-state index contributed by atoms with van der Waals surface area (Å²) in [6.07, 6.45) is 1.14. The highest BCUT2D eigenvalue weighted by Gasteiger charge is 2.34. The maximum Gasteiger partial charge on any atom is 0.264 e. The molecule has 0 bridgehead atoms. The van der Waals surface area contributed by atoms with Crippen molar-refractivity contribution in [3.05, 3.63) is 95.6 Å². The lowest BCUT2D eigenvalue weighted by Crippen LogP contribution is -2.53. The highest BCUT2D eigenvalue weighted by atomic mass is 32.2. The van der Waals surface area contributed by atoms with Crippen LogP contribution in [0.5, 0.6) is 0 Å². The van der Waals surface area contributed by atoms with Gasteiger partial charge in [0.25, 0.3) is 10.0 Å². The molecule has 7 nitrogen and oxygen atoms in total. The van der Waals surface area contributed by atoms with Crippen LogP contribution < -0.4 is 9.62 Å². The zero-order valence-corrected chi connectivity index (χ0v) is 25.8. The largest absolute Gasteiger partial charge is 0.352 e. The van der Waals surface area contributed by atoms with Crippen LogP contribution in [0.15, 0.2) is 83.8 Å². The standard InChI is InChI=1S/C33H43N3O4S/c1-7-26(6)34-33(38)31(8-2)35(22-28-15-13-12-14-25(28)5)32(37)23-36(29-20-18-27(19-21-29)24(3)4)41(39,40)30-16-10-9-11-17-30/h9-21,24,26,31H,7-8,22-23H2,1-6H3,(H,34,38)/t26-,31+/m0/s1. The molecule has 0 saturated carbocycles. The number of carbonyl (C=O) groups excluding carboxylic acids is 2. The minimum atomic E-state index is -4.09. The van der Waals surface area contributed by atoms with Gasteiger partial charge in [0.05, 0.1) is 10.6 Å². The Morgan fingerprint density at radius 1 is 0.829 bits per heavy atom. The van der Waals surface area contributed by atoms with Crippen molar-refractivity contribution < 1.29 is 18.0 Å². The highest BCUT2D eigenvalue weighted by Crippen LogP contribution is 2.27. The zero-order valence-electron chi connectivity index (χ0n) is 25.0. The number of hydrogen-bond donors (Lipinski definition) is 1. The second kappa shape index (κ2) is 14.3. The molecule has 0 fully saturated rings. The summed E-state index contributed by atoms with van der Waals surface area (Å²) in [5.41, 5.74) is 3.33. The smallest absolute Gasteiger partial charge is 0.264 e. The van der Waals surface area contributed by atoms with Crippen LogP contribution >= 0.6 is 0 Å². The summed E-state index contributed by atoms with van der Waals surface area (Å²) in [4.78, 5) is 29.2. The minimum absolute atomic E-state index is 0.0543. The van der Waals surface area contributed by atoms with Crippen molar-refractivity contribution in [2.75, 3.05) is 10.8 Å². The number of rotatable bonds is 13. The molecular weight excluding hydrogens is 534 g/mol. The van der Waals surface area contributed by atoms with Crippen LogP contribution in [0.25, 0.3) is 0 Å². The molecule has 3 aromatic rings. The van der Waals surface area contributed by atoms with E-state index in [1.165, 1.54) is 17.0 Å². The molecule has 1 N–H and O–H groups in total. The summed E-state index contributed by atoms with van der Waals surface area (Å²) in [6.45, 7) is 11.6. The van der Waals surface area contributed by atoms with E-state index in [0.29, 0.717) is 12.1 Å². The molecule has 0 aliphatic carbocycles. The molecule has 3 aromatic carbocycles. The van der Waals surface area contributed by atoms with Gasteiger partial charge in [0, 0.05) is 12.6 Å². The molecule has 0 saturated heterocycles. The quantitative estimate of drug-likeness (QED) is 0.269. The van der Waals surface area contributed by atoms with Crippen molar-refractivity contribution in [2.45, 2.75) is 83.8 Å². The molecule has 2 atom stereocenters. The monoisotopic (exact) mass is 577 g/mol. The Kier molecular flexibility index (Phi) is 11.1. The fraction of sp³-hybridized carbons (Fsp3) is 0.394. The summed E-state index contributed by atoms with van der Waals surface area (Å²) in [5, 5.41) is 3.01. The predicted molar refractivity (Wildman–Crippen MR) is 165 cm³/mol. The number of amides is 2. The first-order valence-electron chi connectivity index (χ1n) is 14.3. The lowest BCUT2D eigenvalue weighted by atomic mass is 10.0. The molecule has 0 unspecified atom stereocenters. The summed E-state index contributed by atoms with van der Waals surface area (Å²) in [7, 11) is -4.09. The van der Waals surface area contributed by atoms with E-state index in [4.69, 9.17) is 0 Å². The Hall–Kier alpha value is -3.65. The first kappa shape index (κ1) is 31.9. The molecule has 220 valence electrons. The van der Waals surface area contributed by atoms with E-state index in [9.17, 15) is 18.0 Å². The number of carbonyl (C=O) groups is 2. The molecule has 0 heterocycles. The molecule has 3 rings (SSSR count). The van der Waals surface area contributed by atoms with Gasteiger partial charge in [0.2, 0.25) is 11.8 Å². The first-order valence-corrected chi connectivity index (χ1v) is 15.8. The lowest BCUT2D eigenvalue weighted by molar-refractivity contribution is -0.140. The van der Waals surface area contributed by atoms with Crippen LogP contribution in [0.1, 0.15) is 70.1 Å². The van der Waals surface area contributed by atoms with Crippen LogP contribution in [0, 0.1) is 6.92 Å². The molecule has 0 aromatic heterocycles. The van der Waals surface area contributed by atoms with E-state index < -0.39 is 28.5 Å². The number of nitrogens with one attached hydrogen (secondary N) is 1. The van der Waals surface area contributed by atoms with Gasteiger partial charge in [-0.15, -0.1) is 0 Å². The van der Waals surface area contributed by atoms with Crippen LogP contribution in [0.4, 0.5) is 5.69 Å². The van der Waals surface area contributed by atoms with Gasteiger partial charge in [-0.25, -0.2) is 8.42 Å². The summed E-state index contributed by atoms with van der Waals surface area (Å²) < 4.78 is 29.1. The highest BCUT2D eigenvalue weighted by molar-refractivity contribution is 7.92. The number of benzene rings is 3. The first-order chi connectivity index (χ1) is 19.5. The molecule has 0 aliphatic rings. The topological polar surface area (TPSA) is 86.8 Å². The zero-order chi connectivity index (χ0) is 30.2. The maximum atomic E-state index is 14.2. The molecule has 0 spiro atoms. The van der Waals surface area contributed by atoms with Gasteiger partial charge in [-0.05, 0) is 73.6 Å². The maximum absolute atomic E-state index is 14.2. The minimum Gasteiger partial charge on any atom is -0.352 e. The van der Waals surface area contributed by atoms with Gasteiger partial charge in [0.1, 0.15) is 12.6 Å². The SMILES string of the molecule is CC[C@H](C(=O)N[C@@H](C)CC)N(Cc1ccccc1C)C(=O)CN(c1ccc(C(C)C)cc1)S(=O)(=O)c1ccccc1. The van der Waals surface area contributed by atoms with Crippen LogP contribution in [0.2, 0.25) is 0 Å². The van der Waals surface area contributed by atoms with Crippen LogP contribution in [-0.4, -0.2) is 43.8 Å². The Bertz CT molecular complexity index is 1410. The summed E-state index contributed by atoms with van der Waals surface area (Å²) in [6, 6.07) is 22.2. The van der Waals surface area contributed by atoms with E-state index in [-0.39, 0.29) is 29.3 Å². The number of aryl methyl sites for hydroxylation is 1. The Labute approximate surface area is 245 Å². The fourth-order valence-electron chi connectivity index (χ4n) is 4.61. The number of nitrogens with zero attached hydrogens (tertiary/aromatic N) is 2. The third-order valence-corrected chi connectivity index (χ3v) is 9.23. The van der Waals surface area contributed by atoms with Crippen molar-refractivity contribution in [3.63, 3.8) is 0 Å². The molecule has 0 aliphatic heterocycles. The van der Waals surface area contributed by atoms with E-state index in [1.807, 2.05) is 64.1 Å². The van der Waals surface area contributed by atoms with E-state index >= 15 is 0 Å². The van der Waals surface area contributed by atoms with Crippen molar-refractivity contribution >= 4 is 27.5 Å². The van der Waals surface area contributed by atoms with E-state index in [2.05, 4.69) is 19.2 Å². The van der Waals surface area contributed by atoms with Crippen molar-refractivity contribution in [3.8, 4) is 0 Å². The molecule has 0 radical (unpaired) electrons. The molecule has 8 heteroatoms. The normalized spacial score (nSPS) is 13.0. The summed E-state index contributed by atoms with van der Waals surface area (Å²) >= 11 is 0. The van der Waals surface area contributed by atoms with Crippen LogP contribution in [-0.2, 0) is 26.2 Å². The number of anilines is 1. The third kappa shape index (κ3) is 7.97. The van der Waals surface area contributed by atoms with Gasteiger partial charge >= 0.3 is 0 Å². The average Bonchev–Trinajstić information content (AvgIpc) is 2.97. The van der Waals surface area contributed by atoms with Crippen LogP contribution in [0.3, 0.4) is 0 Å². The molecule has 2 amide bonds. The second-order valence-electron chi connectivity index (χ2n) is 10.8. The predicted octanol–water partition coefficient (Wildman–Crippen LogP) is 6.04. The van der Waals surface area contributed by atoms with Gasteiger partial charge < -0.3 is 10.2 Å². The van der Waals surface area contributed by atoms with Gasteiger partial charge in [-0.3, -0.25) is 13.9 Å². The Balaban J connectivity index is 2.07. The second-order valence-corrected chi connectivity index (χ2v) is 12.6. The molecule has 41 heavy (non-hydrogen) atoms. The Morgan fingerprint density at radius 2 is 1.44 bits per heavy atom. The van der Waals surface area contributed by atoms with Crippen molar-refractivity contribution in [1.29, 1.82) is 0 Å². The van der Waals surface area contributed by atoms with E-state index in [0.717, 1.165) is 27.4 Å². The average molecular weight is 578 g/mol. The summed E-state index contributed by atoms with van der Waals surface area (Å²) in [5.74, 6) is -0.432. The fourth-order valence-corrected chi connectivity index (χ4v) is 6.04. The van der Waals surface area contributed by atoms with E-state index in [1.54, 1.807) is 30.3 Å². The van der Waals surface area contributed by atoms with Crippen molar-refractivity contribution in [1.82, 2.24) is 10.2 Å². The van der Waals surface area contributed by atoms with Crippen molar-refractivity contribution in [2.24, 2.45) is 0 Å². The van der Waals surface area contributed by atoms with Gasteiger partial charge in [-0.2, -0.15) is 0 Å². The Morgan fingerprint density at radius 3 is 2.00 bits per heavy atom. The lowest BCUT2D eigenvalue weighted by Gasteiger charge is -2.34. The molecular formula is C33H43N3O4S. The van der Waals surface area contributed by atoms with Gasteiger partial charge in [-0.1, -0.05) is 82.3 Å². The number of hydrogen-bond acceptors (Lipinski definition) is 4. The number of sulfonamides is 1. The van der Waals surface area contributed by atoms with Gasteiger partial charge in [0.15, 0.2) is 0 Å².